The molecule has 8 rings (SSSR count). The van der Waals surface area contributed by atoms with E-state index in [-0.39, 0.29) is 24.7 Å². The van der Waals surface area contributed by atoms with Crippen LogP contribution in [0.3, 0.4) is 0 Å². The number of likely N-dealkylation sites (N-methyl/N-ethyl adjacent to an activating group) is 1. The van der Waals surface area contributed by atoms with E-state index in [0.29, 0.717) is 51.3 Å². The molecule has 0 radical (unpaired) electrons. The lowest BCUT2D eigenvalue weighted by molar-refractivity contribution is -0.137. The molecule has 7 aromatic rings. The minimum Gasteiger partial charge on any atom is -0.496 e. The number of hydrogen-bond acceptors (Lipinski definition) is 12. The second-order valence-electron chi connectivity index (χ2n) is 15.0. The first-order valence-electron chi connectivity index (χ1n) is 20.2. The number of aromatic nitrogens is 4. The topological polar surface area (TPSA) is 135 Å². The number of ether oxygens (including phenoxy) is 3. The van der Waals surface area contributed by atoms with Gasteiger partial charge in [0.2, 0.25) is 0 Å². The van der Waals surface area contributed by atoms with Crippen molar-refractivity contribution < 1.29 is 28.5 Å². The number of carbonyl (C=O) groups is 1. The van der Waals surface area contributed by atoms with E-state index in [1.165, 1.54) is 23.5 Å². The summed E-state index contributed by atoms with van der Waals surface area (Å²) in [6.07, 6.45) is 3.37. The summed E-state index contributed by atoms with van der Waals surface area (Å²) in [5.41, 5.74) is 5.16. The smallest absolute Gasteiger partial charge is 0.326 e. The number of halogens is 2. The molecule has 1 aliphatic heterocycles. The van der Waals surface area contributed by atoms with Crippen LogP contribution in [0, 0.1) is 12.7 Å². The van der Waals surface area contributed by atoms with Gasteiger partial charge in [-0.3, -0.25) is 4.90 Å². The van der Waals surface area contributed by atoms with E-state index in [2.05, 4.69) is 37.3 Å². The molecule has 0 unspecified atom stereocenters. The van der Waals surface area contributed by atoms with Crippen molar-refractivity contribution in [2.45, 2.75) is 26.0 Å². The lowest BCUT2D eigenvalue weighted by atomic mass is 9.95. The average Bonchev–Trinajstić information content (AvgIpc) is 3.68. The number of anilines is 1. The summed E-state index contributed by atoms with van der Waals surface area (Å²) in [5, 5.41) is 23.8. The lowest BCUT2D eigenvalue weighted by Crippen LogP contribution is -2.45. The van der Waals surface area contributed by atoms with Gasteiger partial charge in [0.25, 0.3) is 0 Å². The van der Waals surface area contributed by atoms with E-state index in [4.69, 9.17) is 30.8 Å². The number of fused-ring (bicyclic) bond motifs is 1. The monoisotopic (exact) mass is 873 g/mol. The summed E-state index contributed by atoms with van der Waals surface area (Å²) in [7, 11) is 3.73. The Hall–Kier alpha value is -6.19. The fourth-order valence-corrected chi connectivity index (χ4v) is 8.92. The number of thiophene rings is 1. The second-order valence-corrected chi connectivity index (χ2v) is 16.4. The number of benzene rings is 4. The van der Waals surface area contributed by atoms with Crippen LogP contribution in [-0.4, -0.2) is 101 Å². The van der Waals surface area contributed by atoms with E-state index in [1.54, 1.807) is 43.8 Å². The van der Waals surface area contributed by atoms with E-state index in [9.17, 15) is 14.3 Å². The second kappa shape index (κ2) is 19.2. The van der Waals surface area contributed by atoms with Crippen LogP contribution in [0.1, 0.15) is 16.8 Å². The molecule has 1 atom stereocenters. The summed E-state index contributed by atoms with van der Waals surface area (Å²) in [4.78, 5) is 27.7. The summed E-state index contributed by atoms with van der Waals surface area (Å²) in [5.74, 6) is 1.06. The van der Waals surface area contributed by atoms with Crippen LogP contribution in [0.4, 0.5) is 10.2 Å². The summed E-state index contributed by atoms with van der Waals surface area (Å²) >= 11 is 8.53. The van der Waals surface area contributed by atoms with Crippen molar-refractivity contribution in [1.82, 2.24) is 30.0 Å². The molecule has 3 aromatic heterocycles. The molecule has 1 aliphatic rings. The maximum Gasteiger partial charge on any atom is 0.326 e. The predicted molar refractivity (Wildman–Crippen MR) is 241 cm³/mol. The average molecular weight is 874 g/mol. The van der Waals surface area contributed by atoms with Gasteiger partial charge in [-0.1, -0.05) is 60.1 Å². The number of hydrogen-bond donors (Lipinski definition) is 2. The van der Waals surface area contributed by atoms with Gasteiger partial charge in [0, 0.05) is 61.2 Å². The van der Waals surface area contributed by atoms with Crippen LogP contribution in [0.5, 0.6) is 17.2 Å². The Morgan fingerprint density at radius 3 is 2.47 bits per heavy atom. The largest absolute Gasteiger partial charge is 0.496 e. The van der Waals surface area contributed by atoms with Gasteiger partial charge in [-0.25, -0.2) is 19.2 Å². The lowest BCUT2D eigenvalue weighted by Gasteiger charge is -2.32. The molecule has 15 heteroatoms. The van der Waals surface area contributed by atoms with Crippen molar-refractivity contribution in [2.75, 3.05) is 58.8 Å². The van der Waals surface area contributed by atoms with E-state index < -0.39 is 12.0 Å². The molecule has 0 saturated carbocycles. The summed E-state index contributed by atoms with van der Waals surface area (Å²) in [6.45, 7) is 7.35. The number of para-hydroxylation sites is 2. The van der Waals surface area contributed by atoms with E-state index in [0.717, 1.165) is 70.1 Å². The molecule has 0 bridgehead atoms. The van der Waals surface area contributed by atoms with E-state index in [1.807, 2.05) is 61.5 Å². The first-order chi connectivity index (χ1) is 30.2. The molecule has 1 fully saturated rings. The number of carboxylic acid groups (broad SMARTS) is 1. The van der Waals surface area contributed by atoms with Crippen molar-refractivity contribution >= 4 is 44.8 Å². The first-order valence-corrected chi connectivity index (χ1v) is 21.4. The molecule has 0 aliphatic carbocycles. The zero-order valence-electron chi connectivity index (χ0n) is 34.5. The minimum absolute atomic E-state index is 0.0507. The van der Waals surface area contributed by atoms with E-state index >= 15 is 0 Å². The van der Waals surface area contributed by atoms with Crippen LogP contribution < -0.4 is 19.5 Å². The molecule has 62 heavy (non-hydrogen) atoms. The van der Waals surface area contributed by atoms with Gasteiger partial charge in [0.1, 0.15) is 42.3 Å². The highest BCUT2D eigenvalue weighted by molar-refractivity contribution is 7.23. The maximum atomic E-state index is 14.2. The molecule has 4 heterocycles. The number of aliphatic carboxylic acids is 1. The Morgan fingerprint density at radius 1 is 0.935 bits per heavy atom. The third-order valence-corrected chi connectivity index (χ3v) is 12.6. The third-order valence-electron chi connectivity index (χ3n) is 10.9. The highest BCUT2D eigenvalue weighted by Crippen LogP contribution is 2.49. The van der Waals surface area contributed by atoms with Crippen molar-refractivity contribution in [3.05, 3.63) is 131 Å². The summed E-state index contributed by atoms with van der Waals surface area (Å²) < 4.78 is 33.0. The van der Waals surface area contributed by atoms with Gasteiger partial charge < -0.3 is 29.5 Å². The molecule has 1 saturated heterocycles. The van der Waals surface area contributed by atoms with Gasteiger partial charge in [-0.2, -0.15) is 5.10 Å². The third kappa shape index (κ3) is 9.48. The zero-order valence-corrected chi connectivity index (χ0v) is 36.0. The molecular weight excluding hydrogens is 829 g/mol. The fourth-order valence-electron chi connectivity index (χ4n) is 7.51. The summed E-state index contributed by atoms with van der Waals surface area (Å²) in [6, 6.07) is 25.6. The highest BCUT2D eigenvalue weighted by Gasteiger charge is 2.27. The van der Waals surface area contributed by atoms with Crippen molar-refractivity contribution in [2.24, 2.45) is 0 Å². The quantitative estimate of drug-likeness (QED) is 0.0961. The molecular formula is C47H45ClFN7O5S. The number of carboxylic acids is 1. The van der Waals surface area contributed by atoms with Crippen molar-refractivity contribution in [3.8, 4) is 50.2 Å². The Kier molecular flexibility index (Phi) is 13.2. The Labute approximate surface area is 367 Å². The number of piperazine rings is 1. The van der Waals surface area contributed by atoms with Gasteiger partial charge in [0.05, 0.1) is 34.3 Å². The highest BCUT2D eigenvalue weighted by atomic mass is 35.5. The Bertz CT molecular complexity index is 2690. The molecule has 12 nitrogen and oxygen atoms in total. The van der Waals surface area contributed by atoms with Gasteiger partial charge in [-0.15, -0.1) is 16.4 Å². The number of nitrogens with one attached hydrogen (secondary N) is 1. The Morgan fingerprint density at radius 2 is 1.69 bits per heavy atom. The fraction of sp³-hybridized carbons (Fsp3) is 0.255. The molecule has 0 spiro atoms. The van der Waals surface area contributed by atoms with Gasteiger partial charge in [-0.05, 0) is 78.7 Å². The standard InChI is InChI=1S/C47H45ClFN7O5S/c1-29-34(16-17-39(43(29)48)60-25-24-56-22-20-55(2)21-23-56)41-42-40(62-44(41)30-12-14-32(49)15-13-30)27-51-54-46(42)53-36(47(57)58)26-31-8-4-6-10-37(31)61-28-33-18-19-50-45(52-33)35-9-5-7-11-38(35)59-3/h4-19,27,36H,20-26,28H2,1-3H3,(H,53,54)(H,57,58)/t36-/m0/s1. The Balaban J connectivity index is 1.08. The zero-order chi connectivity index (χ0) is 43.2. The van der Waals surface area contributed by atoms with Crippen LogP contribution in [0.2, 0.25) is 5.02 Å². The molecule has 0 amide bonds. The van der Waals surface area contributed by atoms with Crippen molar-refractivity contribution in [1.29, 1.82) is 0 Å². The molecule has 4 aromatic carbocycles. The number of rotatable bonds is 16. The van der Waals surface area contributed by atoms with Crippen LogP contribution >= 0.6 is 22.9 Å². The predicted octanol–water partition coefficient (Wildman–Crippen LogP) is 8.90. The van der Waals surface area contributed by atoms with Crippen molar-refractivity contribution in [3.63, 3.8) is 0 Å². The molecule has 2 N–H and O–H groups in total. The number of methoxy groups -OCH3 is 1. The van der Waals surface area contributed by atoms with Crippen LogP contribution in [0.15, 0.2) is 103 Å². The maximum absolute atomic E-state index is 14.2. The van der Waals surface area contributed by atoms with Crippen LogP contribution in [-0.2, 0) is 17.8 Å². The van der Waals surface area contributed by atoms with Gasteiger partial charge >= 0.3 is 5.97 Å². The molecule has 318 valence electrons. The van der Waals surface area contributed by atoms with Crippen LogP contribution in [0.25, 0.3) is 43.0 Å². The number of nitrogens with zero attached hydrogens (tertiary/aromatic N) is 6. The normalized spacial score (nSPS) is 13.8. The SMILES string of the molecule is COc1ccccc1-c1nccc(COc2ccccc2C[C@H](Nc2nncc3sc(-c4ccc(F)cc4)c(-c4ccc(OCCN5CCN(C)CC5)c(Cl)c4C)c23)C(=O)O)n1. The minimum atomic E-state index is -1.14. The van der Waals surface area contributed by atoms with Gasteiger partial charge in [0.15, 0.2) is 11.6 Å². The first kappa shape index (κ1) is 42.5.